The van der Waals surface area contributed by atoms with Crippen LogP contribution in [0.2, 0.25) is 0 Å². The molecule has 108 valence electrons. The van der Waals surface area contributed by atoms with E-state index in [0.29, 0.717) is 23.3 Å². The molecule has 0 radical (unpaired) electrons. The second kappa shape index (κ2) is 5.74. The maximum absolute atomic E-state index is 12.8. The summed E-state index contributed by atoms with van der Waals surface area (Å²) in [6, 6.07) is 5.92. The third-order valence-electron chi connectivity index (χ3n) is 4.33. The predicted octanol–water partition coefficient (Wildman–Crippen LogP) is 2.28. The van der Waals surface area contributed by atoms with Crippen LogP contribution in [-0.4, -0.2) is 43.6 Å². The highest BCUT2D eigenvalue weighted by Gasteiger charge is 2.38. The summed E-state index contributed by atoms with van der Waals surface area (Å²) in [7, 11) is 1.61. The number of carbonyl (C=O) groups excluding carboxylic acids is 1. The Morgan fingerprint density at radius 3 is 3.10 bits per heavy atom. The van der Waals surface area contributed by atoms with Gasteiger partial charge in [0.2, 0.25) is 0 Å². The summed E-state index contributed by atoms with van der Waals surface area (Å²) in [5.74, 6) is 1.33. The highest BCUT2D eigenvalue weighted by Crippen LogP contribution is 2.30. The molecule has 2 saturated heterocycles. The van der Waals surface area contributed by atoms with E-state index >= 15 is 0 Å². The molecule has 1 N–H and O–H groups in total. The molecule has 0 saturated carbocycles. The van der Waals surface area contributed by atoms with Crippen molar-refractivity contribution >= 4 is 21.8 Å². The molecule has 0 aromatic heterocycles. The molecule has 2 atom stereocenters. The summed E-state index contributed by atoms with van der Waals surface area (Å²) in [5.41, 5.74) is 0.656. The maximum Gasteiger partial charge on any atom is 0.257 e. The lowest BCUT2D eigenvalue weighted by Gasteiger charge is -2.37. The Kier molecular flexibility index (Phi) is 3.98. The van der Waals surface area contributed by atoms with Gasteiger partial charge >= 0.3 is 0 Å². The van der Waals surface area contributed by atoms with Gasteiger partial charge in [0, 0.05) is 30.1 Å². The maximum atomic E-state index is 12.8. The van der Waals surface area contributed by atoms with Gasteiger partial charge in [-0.2, -0.15) is 0 Å². The number of halogens is 1. The number of ether oxygens (including phenoxy) is 1. The van der Waals surface area contributed by atoms with E-state index < -0.39 is 0 Å². The molecule has 2 heterocycles. The standard InChI is InChI=1S/C15H19BrN2O2/c1-20-14-7-11(16)4-5-12(14)15(19)18-6-2-3-10-8-17-9-13(10)18/h4-5,7,10,13,17H,2-3,6,8-9H2,1H3. The summed E-state index contributed by atoms with van der Waals surface area (Å²) >= 11 is 3.41. The number of benzene rings is 1. The summed E-state index contributed by atoms with van der Waals surface area (Å²) in [6.07, 6.45) is 2.31. The number of methoxy groups -OCH3 is 1. The first-order valence-electron chi connectivity index (χ1n) is 7.06. The van der Waals surface area contributed by atoms with E-state index in [2.05, 4.69) is 21.2 Å². The Bertz CT molecular complexity index is 521. The average molecular weight is 339 g/mol. The second-order valence-corrected chi connectivity index (χ2v) is 6.39. The van der Waals surface area contributed by atoms with E-state index in [-0.39, 0.29) is 5.91 Å². The Morgan fingerprint density at radius 2 is 2.30 bits per heavy atom. The fourth-order valence-corrected chi connectivity index (χ4v) is 3.66. The van der Waals surface area contributed by atoms with Crippen molar-refractivity contribution in [1.82, 2.24) is 10.2 Å². The van der Waals surface area contributed by atoms with Crippen LogP contribution in [0.25, 0.3) is 0 Å². The fraction of sp³-hybridized carbons (Fsp3) is 0.533. The van der Waals surface area contributed by atoms with Gasteiger partial charge in [-0.05, 0) is 37.0 Å². The minimum absolute atomic E-state index is 0.0905. The van der Waals surface area contributed by atoms with E-state index in [9.17, 15) is 4.79 Å². The van der Waals surface area contributed by atoms with E-state index in [0.717, 1.165) is 30.5 Å². The number of likely N-dealkylation sites (tertiary alicyclic amines) is 1. The number of rotatable bonds is 2. The SMILES string of the molecule is COc1cc(Br)ccc1C(=O)N1CCCC2CNCC21. The lowest BCUT2D eigenvalue weighted by molar-refractivity contribution is 0.0571. The summed E-state index contributed by atoms with van der Waals surface area (Å²) in [6.45, 7) is 2.79. The first-order chi connectivity index (χ1) is 9.70. The van der Waals surface area contributed by atoms with Crippen molar-refractivity contribution in [2.45, 2.75) is 18.9 Å². The van der Waals surface area contributed by atoms with Crippen LogP contribution in [-0.2, 0) is 0 Å². The molecular weight excluding hydrogens is 320 g/mol. The molecule has 3 rings (SSSR count). The molecule has 2 aliphatic rings. The molecule has 1 aromatic carbocycles. The second-order valence-electron chi connectivity index (χ2n) is 5.47. The van der Waals surface area contributed by atoms with E-state index in [4.69, 9.17) is 4.74 Å². The Labute approximate surface area is 127 Å². The van der Waals surface area contributed by atoms with Gasteiger partial charge in [-0.25, -0.2) is 0 Å². The number of carbonyl (C=O) groups is 1. The van der Waals surface area contributed by atoms with Gasteiger partial charge in [0.15, 0.2) is 0 Å². The molecule has 5 heteroatoms. The summed E-state index contributed by atoms with van der Waals surface area (Å²) in [4.78, 5) is 14.9. The number of amides is 1. The number of hydrogen-bond acceptors (Lipinski definition) is 3. The van der Waals surface area contributed by atoms with Crippen LogP contribution in [0.4, 0.5) is 0 Å². The van der Waals surface area contributed by atoms with Gasteiger partial charge in [0.25, 0.3) is 5.91 Å². The van der Waals surface area contributed by atoms with Crippen molar-refractivity contribution in [2.24, 2.45) is 5.92 Å². The molecular formula is C15H19BrN2O2. The zero-order valence-corrected chi connectivity index (χ0v) is 13.1. The van der Waals surface area contributed by atoms with Gasteiger partial charge in [-0.3, -0.25) is 4.79 Å². The topological polar surface area (TPSA) is 41.6 Å². The molecule has 0 spiro atoms. The van der Waals surface area contributed by atoms with Crippen LogP contribution >= 0.6 is 15.9 Å². The van der Waals surface area contributed by atoms with Crippen LogP contribution in [0.15, 0.2) is 22.7 Å². The lowest BCUT2D eigenvalue weighted by Crippen LogP contribution is -2.48. The lowest BCUT2D eigenvalue weighted by atomic mass is 9.91. The Balaban J connectivity index is 1.88. The fourth-order valence-electron chi connectivity index (χ4n) is 3.32. The zero-order chi connectivity index (χ0) is 14.1. The molecule has 20 heavy (non-hydrogen) atoms. The van der Waals surface area contributed by atoms with Gasteiger partial charge < -0.3 is 15.0 Å². The van der Waals surface area contributed by atoms with Crippen molar-refractivity contribution in [2.75, 3.05) is 26.7 Å². The van der Waals surface area contributed by atoms with Crippen molar-refractivity contribution in [1.29, 1.82) is 0 Å². The normalized spacial score (nSPS) is 25.4. The van der Waals surface area contributed by atoms with E-state index in [1.54, 1.807) is 7.11 Å². The largest absolute Gasteiger partial charge is 0.496 e. The van der Waals surface area contributed by atoms with E-state index in [1.165, 1.54) is 6.42 Å². The molecule has 2 fully saturated rings. The van der Waals surface area contributed by atoms with Gasteiger partial charge in [-0.1, -0.05) is 15.9 Å². The van der Waals surface area contributed by atoms with Crippen molar-refractivity contribution < 1.29 is 9.53 Å². The number of hydrogen-bond donors (Lipinski definition) is 1. The van der Waals surface area contributed by atoms with Crippen molar-refractivity contribution in [3.05, 3.63) is 28.2 Å². The molecule has 2 unspecified atom stereocenters. The monoisotopic (exact) mass is 338 g/mol. The first kappa shape index (κ1) is 13.9. The first-order valence-corrected chi connectivity index (χ1v) is 7.85. The van der Waals surface area contributed by atoms with Crippen LogP contribution in [0.1, 0.15) is 23.2 Å². The van der Waals surface area contributed by atoms with Crippen molar-refractivity contribution in [3.63, 3.8) is 0 Å². The predicted molar refractivity (Wildman–Crippen MR) is 81.1 cm³/mol. The summed E-state index contributed by atoms with van der Waals surface area (Å²) in [5, 5.41) is 3.41. The Hall–Kier alpha value is -1.07. The number of fused-ring (bicyclic) bond motifs is 1. The Morgan fingerprint density at radius 1 is 1.45 bits per heavy atom. The zero-order valence-electron chi connectivity index (χ0n) is 11.6. The summed E-state index contributed by atoms with van der Waals surface area (Å²) < 4.78 is 6.28. The third-order valence-corrected chi connectivity index (χ3v) is 4.83. The van der Waals surface area contributed by atoms with Gasteiger partial charge in [-0.15, -0.1) is 0 Å². The molecule has 4 nitrogen and oxygen atoms in total. The molecule has 0 aliphatic carbocycles. The quantitative estimate of drug-likeness (QED) is 0.899. The smallest absolute Gasteiger partial charge is 0.257 e. The van der Waals surface area contributed by atoms with Gasteiger partial charge in [0.05, 0.1) is 12.7 Å². The van der Waals surface area contributed by atoms with Crippen LogP contribution in [0.5, 0.6) is 5.75 Å². The number of piperidine rings is 1. The highest BCUT2D eigenvalue weighted by molar-refractivity contribution is 9.10. The molecule has 0 bridgehead atoms. The van der Waals surface area contributed by atoms with E-state index in [1.807, 2.05) is 23.1 Å². The van der Waals surface area contributed by atoms with Gasteiger partial charge in [0.1, 0.15) is 5.75 Å². The third kappa shape index (κ3) is 2.44. The number of nitrogens with one attached hydrogen (secondary N) is 1. The van der Waals surface area contributed by atoms with Crippen molar-refractivity contribution in [3.8, 4) is 5.75 Å². The van der Waals surface area contributed by atoms with Crippen LogP contribution in [0.3, 0.4) is 0 Å². The molecule has 1 aromatic rings. The van der Waals surface area contributed by atoms with Crippen LogP contribution < -0.4 is 10.1 Å². The number of nitrogens with zero attached hydrogens (tertiary/aromatic N) is 1. The molecule has 1 amide bonds. The highest BCUT2D eigenvalue weighted by atomic mass is 79.9. The minimum Gasteiger partial charge on any atom is -0.496 e. The van der Waals surface area contributed by atoms with Crippen LogP contribution in [0, 0.1) is 5.92 Å². The minimum atomic E-state index is 0.0905. The molecule has 2 aliphatic heterocycles. The average Bonchev–Trinajstić information content (AvgIpc) is 2.94.